The molecule has 0 amide bonds. The van der Waals surface area contributed by atoms with Gasteiger partial charge in [0.2, 0.25) is 5.52 Å². The zero-order chi connectivity index (χ0) is 20.2. The molecule has 1 aromatic carbocycles. The quantitative estimate of drug-likeness (QED) is 0.628. The van der Waals surface area contributed by atoms with E-state index < -0.39 is 40.2 Å². The molecule has 6 nitrogen and oxygen atoms in total. The van der Waals surface area contributed by atoms with Crippen molar-refractivity contribution in [2.24, 2.45) is 0 Å². The summed E-state index contributed by atoms with van der Waals surface area (Å²) in [5.41, 5.74) is -0.915. The summed E-state index contributed by atoms with van der Waals surface area (Å²) in [6, 6.07) is 5.73. The monoisotopic (exact) mass is 407 g/mol. The summed E-state index contributed by atoms with van der Waals surface area (Å²) in [6.45, 7) is 7.21. The Bertz CT molecular complexity index is 696. The van der Waals surface area contributed by atoms with Crippen LogP contribution in [0.3, 0.4) is 0 Å². The highest BCUT2D eigenvalue weighted by atomic mass is 32.2. The third kappa shape index (κ3) is 5.79. The van der Waals surface area contributed by atoms with E-state index in [0.717, 1.165) is 14.2 Å². The van der Waals surface area contributed by atoms with Crippen LogP contribution in [-0.2, 0) is 34.9 Å². The number of hydrogen-bond acceptors (Lipinski definition) is 5. The van der Waals surface area contributed by atoms with Gasteiger partial charge in [0.05, 0.1) is 21.3 Å². The number of rotatable bonds is 9. The van der Waals surface area contributed by atoms with Crippen LogP contribution in [-0.4, -0.2) is 28.7 Å². The lowest BCUT2D eigenvalue weighted by Crippen LogP contribution is -2.46. The van der Waals surface area contributed by atoms with E-state index in [4.69, 9.17) is 9.05 Å². The minimum Gasteiger partial charge on any atom is -0.307 e. The van der Waals surface area contributed by atoms with Crippen molar-refractivity contribution >= 4 is 24.1 Å². The highest BCUT2D eigenvalue weighted by molar-refractivity contribution is 7.84. The Balaban J connectivity index is 3.12. The van der Waals surface area contributed by atoms with E-state index in [1.54, 1.807) is 19.1 Å². The molecule has 0 aromatic heterocycles. The van der Waals surface area contributed by atoms with Crippen LogP contribution in [0.5, 0.6) is 0 Å². The molecule has 0 fully saturated rings. The smallest absolute Gasteiger partial charge is 0.307 e. The fourth-order valence-corrected chi connectivity index (χ4v) is 4.08. The Morgan fingerprint density at radius 3 is 2.08 bits per heavy atom. The minimum atomic E-state index is -3.83. The van der Waals surface area contributed by atoms with Gasteiger partial charge in [0.15, 0.2) is 0 Å². The lowest BCUT2D eigenvalue weighted by Gasteiger charge is -2.34. The van der Waals surface area contributed by atoms with Gasteiger partial charge in [-0.1, -0.05) is 12.1 Å². The van der Waals surface area contributed by atoms with Gasteiger partial charge in [0, 0.05) is 20.6 Å². The van der Waals surface area contributed by atoms with Gasteiger partial charge < -0.3 is 9.05 Å². The topological polar surface area (TPSA) is 81.7 Å². The standard InChI is InChI=1S/C17H27FNO5PS/c1-16(2,3)26(22)19-17(4,13-7-9-14(18)10-8-13)12-11-15(20)25(21,23-5)24-6/h7-10,19H,11-12H2,1-6H3/t17-,26?/m0/s1. The highest BCUT2D eigenvalue weighted by Gasteiger charge is 2.37. The largest absolute Gasteiger partial charge is 0.396 e. The maximum Gasteiger partial charge on any atom is 0.396 e. The molecule has 26 heavy (non-hydrogen) atoms. The van der Waals surface area contributed by atoms with E-state index in [9.17, 15) is 18.0 Å². The predicted molar refractivity (Wildman–Crippen MR) is 101 cm³/mol. The number of benzene rings is 1. The van der Waals surface area contributed by atoms with Crippen molar-refractivity contribution in [2.75, 3.05) is 14.2 Å². The summed E-state index contributed by atoms with van der Waals surface area (Å²) in [7, 11) is -2.97. The third-order valence-corrected chi connectivity index (χ3v) is 7.52. The molecule has 2 atom stereocenters. The normalized spacial score (nSPS) is 16.1. The Kier molecular flexibility index (Phi) is 7.87. The summed E-state index contributed by atoms with van der Waals surface area (Å²) in [5.74, 6) is -0.396. The molecule has 1 aromatic rings. The number of carbonyl (C=O) groups is 1. The van der Waals surface area contributed by atoms with Gasteiger partial charge in [-0.2, -0.15) is 0 Å². The molecule has 0 bridgehead atoms. The minimum absolute atomic E-state index is 0.124. The first-order valence-electron chi connectivity index (χ1n) is 8.08. The molecule has 0 aliphatic carbocycles. The summed E-state index contributed by atoms with van der Waals surface area (Å²) < 4.78 is 50.0. The molecule has 0 spiro atoms. The van der Waals surface area contributed by atoms with Crippen molar-refractivity contribution in [3.05, 3.63) is 35.6 Å². The van der Waals surface area contributed by atoms with Crippen LogP contribution in [0, 0.1) is 5.82 Å². The maximum absolute atomic E-state index is 13.3. The number of hydrogen-bond donors (Lipinski definition) is 1. The lowest BCUT2D eigenvalue weighted by atomic mass is 9.88. The molecule has 148 valence electrons. The third-order valence-electron chi connectivity index (χ3n) is 3.98. The molecular formula is C17H27FNO5PS. The Labute approximate surface area is 157 Å². The van der Waals surface area contributed by atoms with Crippen LogP contribution in [0.1, 0.15) is 46.1 Å². The second-order valence-electron chi connectivity index (χ2n) is 7.08. The van der Waals surface area contributed by atoms with Gasteiger partial charge in [-0.25, -0.2) is 13.3 Å². The first-order valence-corrected chi connectivity index (χ1v) is 10.8. The second-order valence-corrected chi connectivity index (χ2v) is 11.3. The van der Waals surface area contributed by atoms with Crippen molar-refractivity contribution in [1.82, 2.24) is 4.72 Å². The molecule has 0 radical (unpaired) electrons. The molecule has 0 heterocycles. The van der Waals surface area contributed by atoms with Crippen LogP contribution < -0.4 is 4.72 Å². The molecule has 0 saturated carbocycles. The number of carbonyl (C=O) groups excluding carboxylic acids is 1. The highest BCUT2D eigenvalue weighted by Crippen LogP contribution is 2.49. The van der Waals surface area contributed by atoms with Gasteiger partial charge in [-0.3, -0.25) is 9.36 Å². The lowest BCUT2D eigenvalue weighted by molar-refractivity contribution is -0.114. The SMILES string of the molecule is COP(=O)(OC)C(=O)CC[C@](C)(NS(=O)C(C)(C)C)c1ccc(F)cc1. The van der Waals surface area contributed by atoms with E-state index in [1.165, 1.54) is 12.1 Å². The number of nitrogens with one attached hydrogen (secondary N) is 1. The molecular weight excluding hydrogens is 380 g/mol. The van der Waals surface area contributed by atoms with Crippen LogP contribution >= 0.6 is 7.60 Å². The summed E-state index contributed by atoms with van der Waals surface area (Å²) >= 11 is 0. The zero-order valence-corrected chi connectivity index (χ0v) is 17.7. The van der Waals surface area contributed by atoms with Crippen LogP contribution in [0.4, 0.5) is 4.39 Å². The van der Waals surface area contributed by atoms with Gasteiger partial charge in [0.25, 0.3) is 0 Å². The van der Waals surface area contributed by atoms with E-state index in [1.807, 2.05) is 20.8 Å². The van der Waals surface area contributed by atoms with Crippen LogP contribution in [0.2, 0.25) is 0 Å². The van der Waals surface area contributed by atoms with Crippen molar-refractivity contribution in [1.29, 1.82) is 0 Å². The van der Waals surface area contributed by atoms with Gasteiger partial charge in [0.1, 0.15) is 5.82 Å². The van der Waals surface area contributed by atoms with Crippen molar-refractivity contribution in [3.63, 3.8) is 0 Å². The molecule has 0 saturated heterocycles. The molecule has 1 unspecified atom stereocenters. The molecule has 0 aliphatic rings. The van der Waals surface area contributed by atoms with Gasteiger partial charge >= 0.3 is 7.60 Å². The van der Waals surface area contributed by atoms with Crippen molar-refractivity contribution in [3.8, 4) is 0 Å². The first-order chi connectivity index (χ1) is 11.9. The molecule has 0 aliphatic heterocycles. The molecule has 9 heteroatoms. The van der Waals surface area contributed by atoms with Crippen LogP contribution in [0.25, 0.3) is 0 Å². The van der Waals surface area contributed by atoms with Gasteiger partial charge in [-0.15, -0.1) is 0 Å². The van der Waals surface area contributed by atoms with E-state index in [0.29, 0.717) is 5.56 Å². The van der Waals surface area contributed by atoms with E-state index >= 15 is 0 Å². The van der Waals surface area contributed by atoms with Gasteiger partial charge in [-0.05, 0) is 51.8 Å². The molecule has 1 N–H and O–H groups in total. The van der Waals surface area contributed by atoms with Crippen molar-refractivity contribution < 1.29 is 27.0 Å². The summed E-state index contributed by atoms with van der Waals surface area (Å²) in [5, 5.41) is 0. The zero-order valence-electron chi connectivity index (χ0n) is 16.0. The summed E-state index contributed by atoms with van der Waals surface area (Å²) in [4.78, 5) is 12.3. The predicted octanol–water partition coefficient (Wildman–Crippen LogP) is 3.89. The first kappa shape index (κ1) is 23.1. The van der Waals surface area contributed by atoms with Crippen molar-refractivity contribution in [2.45, 2.75) is 50.8 Å². The second kappa shape index (κ2) is 8.85. The Morgan fingerprint density at radius 1 is 1.15 bits per heavy atom. The van der Waals surface area contributed by atoms with Crippen LogP contribution in [0.15, 0.2) is 24.3 Å². The fourth-order valence-electron chi connectivity index (χ4n) is 2.20. The maximum atomic E-state index is 13.3. The Hall–Kier alpha value is -0.920. The van der Waals surface area contributed by atoms with E-state index in [-0.39, 0.29) is 12.8 Å². The molecule has 1 rings (SSSR count). The average Bonchev–Trinajstić information content (AvgIpc) is 2.58. The fraction of sp³-hybridized carbons (Fsp3) is 0.588. The Morgan fingerprint density at radius 2 is 1.65 bits per heavy atom. The summed E-state index contributed by atoms with van der Waals surface area (Å²) in [6.07, 6.45) is 0.0528. The van der Waals surface area contributed by atoms with E-state index in [2.05, 4.69) is 4.72 Å². The average molecular weight is 407 g/mol. The number of halogens is 1.